The van der Waals surface area contributed by atoms with Gasteiger partial charge in [-0.15, -0.1) is 0 Å². The van der Waals surface area contributed by atoms with Gasteiger partial charge in [0.25, 0.3) is 0 Å². The molecule has 0 aromatic heterocycles. The van der Waals surface area contributed by atoms with E-state index in [0.29, 0.717) is 6.54 Å². The van der Waals surface area contributed by atoms with E-state index in [0.717, 1.165) is 11.3 Å². The molecule has 0 fully saturated rings. The zero-order valence-electron chi connectivity index (χ0n) is 10.6. The molecule has 0 heterocycles. The molecule has 0 aliphatic heterocycles. The van der Waals surface area contributed by atoms with Crippen molar-refractivity contribution in [2.24, 2.45) is 5.73 Å². The summed E-state index contributed by atoms with van der Waals surface area (Å²) in [5.74, 6) is 0.690. The van der Waals surface area contributed by atoms with E-state index in [9.17, 15) is 4.79 Å². The maximum atomic E-state index is 11.3. The Balaban J connectivity index is 2.48. The first-order valence-electron chi connectivity index (χ1n) is 5.78. The Kier molecular flexibility index (Phi) is 4.97. The topological polar surface area (TPSA) is 64.3 Å². The number of hydrogen-bond acceptors (Lipinski definition) is 3. The van der Waals surface area contributed by atoms with Crippen molar-refractivity contribution in [1.29, 1.82) is 0 Å². The van der Waals surface area contributed by atoms with Gasteiger partial charge in [-0.25, -0.2) is 0 Å². The van der Waals surface area contributed by atoms with Gasteiger partial charge < -0.3 is 15.8 Å². The van der Waals surface area contributed by atoms with Crippen LogP contribution in [0.3, 0.4) is 0 Å². The largest absolute Gasteiger partial charge is 0.491 e. The molecule has 0 aliphatic carbocycles. The summed E-state index contributed by atoms with van der Waals surface area (Å²) in [6.45, 7) is 6.12. The Morgan fingerprint density at radius 1 is 1.29 bits per heavy atom. The van der Waals surface area contributed by atoms with Crippen molar-refractivity contribution < 1.29 is 9.53 Å². The van der Waals surface area contributed by atoms with Crippen LogP contribution in [0.1, 0.15) is 26.3 Å². The molecule has 17 heavy (non-hydrogen) atoms. The third kappa shape index (κ3) is 4.87. The van der Waals surface area contributed by atoms with Crippen LogP contribution in [-0.2, 0) is 11.3 Å². The monoisotopic (exact) mass is 236 g/mol. The van der Waals surface area contributed by atoms with Gasteiger partial charge in [-0.3, -0.25) is 4.79 Å². The normalized spacial score (nSPS) is 12.3. The van der Waals surface area contributed by atoms with Crippen molar-refractivity contribution in [2.45, 2.75) is 39.5 Å². The molecule has 1 aromatic rings. The van der Waals surface area contributed by atoms with Gasteiger partial charge in [0.05, 0.1) is 12.1 Å². The number of nitrogens with one attached hydrogen (secondary N) is 1. The quantitative estimate of drug-likeness (QED) is 0.813. The summed E-state index contributed by atoms with van der Waals surface area (Å²) in [5, 5.41) is 2.75. The van der Waals surface area contributed by atoms with Gasteiger partial charge in [0.2, 0.25) is 5.91 Å². The Hall–Kier alpha value is -1.55. The standard InChI is InChI=1S/C13H20N2O2/c1-9(2)17-12-6-4-11(5-7-12)8-15-13(16)10(3)14/h4-7,9-10H,8,14H2,1-3H3,(H,15,16). The second kappa shape index (κ2) is 6.25. The average Bonchev–Trinajstić information content (AvgIpc) is 2.26. The number of hydrogen-bond donors (Lipinski definition) is 2. The molecule has 1 rings (SSSR count). The fraction of sp³-hybridized carbons (Fsp3) is 0.462. The van der Waals surface area contributed by atoms with E-state index in [4.69, 9.17) is 10.5 Å². The summed E-state index contributed by atoms with van der Waals surface area (Å²) in [5.41, 5.74) is 6.47. The highest BCUT2D eigenvalue weighted by atomic mass is 16.5. The summed E-state index contributed by atoms with van der Waals surface area (Å²) in [6, 6.07) is 7.18. The maximum Gasteiger partial charge on any atom is 0.236 e. The minimum Gasteiger partial charge on any atom is -0.491 e. The van der Waals surface area contributed by atoms with Gasteiger partial charge in [0.1, 0.15) is 5.75 Å². The van der Waals surface area contributed by atoms with Crippen LogP contribution >= 0.6 is 0 Å². The smallest absolute Gasteiger partial charge is 0.236 e. The summed E-state index contributed by atoms with van der Waals surface area (Å²) >= 11 is 0. The molecule has 4 heteroatoms. The molecule has 94 valence electrons. The van der Waals surface area contributed by atoms with Gasteiger partial charge in [0.15, 0.2) is 0 Å². The first-order valence-corrected chi connectivity index (χ1v) is 5.78. The molecular weight excluding hydrogens is 216 g/mol. The van der Waals surface area contributed by atoms with Crippen molar-refractivity contribution >= 4 is 5.91 Å². The minimum absolute atomic E-state index is 0.146. The predicted molar refractivity (Wildman–Crippen MR) is 67.7 cm³/mol. The van der Waals surface area contributed by atoms with Crippen molar-refractivity contribution in [3.63, 3.8) is 0 Å². The molecule has 0 radical (unpaired) electrons. The van der Waals surface area contributed by atoms with E-state index in [1.807, 2.05) is 38.1 Å². The lowest BCUT2D eigenvalue weighted by molar-refractivity contribution is -0.122. The van der Waals surface area contributed by atoms with Gasteiger partial charge in [0, 0.05) is 6.54 Å². The molecule has 1 unspecified atom stereocenters. The Morgan fingerprint density at radius 3 is 2.35 bits per heavy atom. The van der Waals surface area contributed by atoms with Gasteiger partial charge in [-0.2, -0.15) is 0 Å². The van der Waals surface area contributed by atoms with Crippen LogP contribution < -0.4 is 15.8 Å². The summed E-state index contributed by atoms with van der Waals surface area (Å²) in [7, 11) is 0. The predicted octanol–water partition coefficient (Wildman–Crippen LogP) is 1.44. The van der Waals surface area contributed by atoms with Gasteiger partial charge >= 0.3 is 0 Å². The first-order chi connectivity index (χ1) is 7.99. The molecule has 1 aromatic carbocycles. The molecule has 0 bridgehead atoms. The van der Waals surface area contributed by atoms with E-state index in [-0.39, 0.29) is 12.0 Å². The van der Waals surface area contributed by atoms with E-state index in [1.165, 1.54) is 0 Å². The van der Waals surface area contributed by atoms with E-state index in [2.05, 4.69) is 5.32 Å². The second-order valence-electron chi connectivity index (χ2n) is 4.32. The lowest BCUT2D eigenvalue weighted by atomic mass is 10.2. The molecule has 0 saturated heterocycles. The highest BCUT2D eigenvalue weighted by molar-refractivity contribution is 5.80. The third-order valence-corrected chi connectivity index (χ3v) is 2.18. The van der Waals surface area contributed by atoms with Crippen LogP contribution in [0.15, 0.2) is 24.3 Å². The van der Waals surface area contributed by atoms with Crippen molar-refractivity contribution in [1.82, 2.24) is 5.32 Å². The number of benzene rings is 1. The van der Waals surface area contributed by atoms with Crippen molar-refractivity contribution in [3.8, 4) is 5.75 Å². The molecule has 0 saturated carbocycles. The summed E-state index contributed by atoms with van der Waals surface area (Å²) in [4.78, 5) is 11.3. The highest BCUT2D eigenvalue weighted by Gasteiger charge is 2.06. The average molecular weight is 236 g/mol. The lowest BCUT2D eigenvalue weighted by Crippen LogP contribution is -2.37. The maximum absolute atomic E-state index is 11.3. The van der Waals surface area contributed by atoms with Crippen LogP contribution in [0.2, 0.25) is 0 Å². The highest BCUT2D eigenvalue weighted by Crippen LogP contribution is 2.13. The van der Waals surface area contributed by atoms with Gasteiger partial charge in [-0.05, 0) is 38.5 Å². The number of carbonyl (C=O) groups is 1. The molecule has 0 spiro atoms. The Labute approximate surface area is 102 Å². The molecular formula is C13H20N2O2. The lowest BCUT2D eigenvalue weighted by Gasteiger charge is -2.11. The fourth-order valence-electron chi connectivity index (χ4n) is 1.31. The summed E-state index contributed by atoms with van der Waals surface area (Å²) < 4.78 is 5.53. The van der Waals surface area contributed by atoms with E-state index in [1.54, 1.807) is 6.92 Å². The number of amides is 1. The van der Waals surface area contributed by atoms with Crippen molar-refractivity contribution in [2.75, 3.05) is 0 Å². The van der Waals surface area contributed by atoms with Crippen LogP contribution in [0.5, 0.6) is 5.75 Å². The first kappa shape index (κ1) is 13.5. The zero-order chi connectivity index (χ0) is 12.8. The van der Waals surface area contributed by atoms with Gasteiger partial charge in [-0.1, -0.05) is 12.1 Å². The molecule has 1 atom stereocenters. The number of ether oxygens (including phenoxy) is 1. The van der Waals surface area contributed by atoms with Crippen LogP contribution in [0.4, 0.5) is 0 Å². The molecule has 0 aliphatic rings. The number of carbonyl (C=O) groups excluding carboxylic acids is 1. The van der Waals surface area contributed by atoms with Crippen LogP contribution in [0, 0.1) is 0 Å². The number of nitrogens with two attached hydrogens (primary N) is 1. The van der Waals surface area contributed by atoms with E-state index < -0.39 is 6.04 Å². The summed E-state index contributed by atoms with van der Waals surface area (Å²) in [6.07, 6.45) is 0.165. The minimum atomic E-state index is -0.474. The van der Waals surface area contributed by atoms with Crippen LogP contribution in [-0.4, -0.2) is 18.1 Å². The Morgan fingerprint density at radius 2 is 1.88 bits per heavy atom. The molecule has 1 amide bonds. The number of rotatable bonds is 5. The SMILES string of the molecule is CC(C)Oc1ccc(CNC(=O)C(C)N)cc1. The van der Waals surface area contributed by atoms with Crippen molar-refractivity contribution in [3.05, 3.63) is 29.8 Å². The Bertz CT molecular complexity index is 358. The van der Waals surface area contributed by atoms with Crippen LogP contribution in [0.25, 0.3) is 0 Å². The second-order valence-corrected chi connectivity index (χ2v) is 4.32. The zero-order valence-corrected chi connectivity index (χ0v) is 10.6. The van der Waals surface area contributed by atoms with E-state index >= 15 is 0 Å². The fourth-order valence-corrected chi connectivity index (χ4v) is 1.31. The third-order valence-electron chi connectivity index (χ3n) is 2.18. The molecule has 3 N–H and O–H groups in total. The molecule has 4 nitrogen and oxygen atoms in total.